The Morgan fingerprint density at radius 2 is 1.63 bits per heavy atom. The van der Waals surface area contributed by atoms with Crippen molar-refractivity contribution >= 4 is 33.9 Å². The number of hydrogen-bond acceptors (Lipinski definition) is 4. The molecule has 0 fully saturated rings. The van der Waals surface area contributed by atoms with Crippen LogP contribution < -0.4 is 10.00 Å². The van der Waals surface area contributed by atoms with Gasteiger partial charge in [-0.15, -0.1) is 11.8 Å². The number of rotatable bonds is 5. The fraction of sp³-hybridized carbons (Fsp3) is 0.0476. The van der Waals surface area contributed by atoms with Gasteiger partial charge in [-0.1, -0.05) is 18.2 Å². The molecule has 0 saturated carbocycles. The van der Waals surface area contributed by atoms with Gasteiger partial charge in [0.2, 0.25) is 5.69 Å². The van der Waals surface area contributed by atoms with Gasteiger partial charge in [0.15, 0.2) is 0 Å². The van der Waals surface area contributed by atoms with E-state index >= 15 is 0 Å². The molecule has 1 aromatic heterocycles. The van der Waals surface area contributed by atoms with Gasteiger partial charge in [0.05, 0.1) is 5.56 Å². The van der Waals surface area contributed by atoms with E-state index in [0.29, 0.717) is 0 Å². The van der Waals surface area contributed by atoms with Gasteiger partial charge in [-0.05, 0) is 70.8 Å². The first-order chi connectivity index (χ1) is 13.2. The van der Waals surface area contributed by atoms with Crippen molar-refractivity contribution in [1.82, 2.24) is 5.10 Å². The predicted molar refractivity (Wildman–Crippen MR) is 111 cm³/mol. The second kappa shape index (κ2) is 7.90. The minimum absolute atomic E-state index is 0.261. The fourth-order valence-electron chi connectivity index (χ4n) is 2.66. The van der Waals surface area contributed by atoms with Crippen LogP contribution in [0.1, 0.15) is 0 Å². The van der Waals surface area contributed by atoms with Crippen LogP contribution in [0, 0.1) is 5.82 Å². The molecule has 1 N–H and O–H groups in total. The first-order valence-corrected chi connectivity index (χ1v) is 10.4. The molecule has 6 heteroatoms. The van der Waals surface area contributed by atoms with E-state index in [-0.39, 0.29) is 5.82 Å². The first-order valence-electron chi connectivity index (χ1n) is 8.38. The summed E-state index contributed by atoms with van der Waals surface area (Å²) in [7, 11) is 0. The van der Waals surface area contributed by atoms with Crippen molar-refractivity contribution in [3.05, 3.63) is 84.7 Å². The maximum atomic E-state index is 13.4. The minimum atomic E-state index is -0.261. The largest absolute Gasteiger partial charge is 0.327 e. The highest BCUT2D eigenvalue weighted by atomic mass is 32.2. The summed E-state index contributed by atoms with van der Waals surface area (Å²) in [4.78, 5) is 1.21. The van der Waals surface area contributed by atoms with Crippen molar-refractivity contribution < 1.29 is 9.07 Å². The number of para-hydroxylation sites is 1. The monoisotopic (exact) mass is 394 g/mol. The fourth-order valence-corrected chi connectivity index (χ4v) is 4.03. The van der Waals surface area contributed by atoms with Crippen molar-refractivity contribution in [1.29, 1.82) is 0 Å². The summed E-state index contributed by atoms with van der Waals surface area (Å²) in [6.45, 7) is 0. The van der Waals surface area contributed by atoms with Gasteiger partial charge in [-0.2, -0.15) is 0 Å². The Labute approximate surface area is 165 Å². The molecule has 0 atom stereocenters. The third kappa shape index (κ3) is 4.02. The van der Waals surface area contributed by atoms with Crippen LogP contribution in [0.4, 0.5) is 15.2 Å². The first kappa shape index (κ1) is 17.7. The summed E-state index contributed by atoms with van der Waals surface area (Å²) in [5.41, 5.74) is 2.86. The Morgan fingerprint density at radius 1 is 0.926 bits per heavy atom. The molecule has 0 unspecified atom stereocenters. The molecular formula is C21H17FN3S2+. The quantitative estimate of drug-likeness (QED) is 0.348. The standard InChI is InChI=1S/C21H17FN3S2/c1-26-19-13-7-15(8-14-19)20-25(18-11-9-16(22)10-12-18)24-21(27-20)23-17-5-3-2-4-6-17/h2-14H,1H3,(H,23,24)/q+1. The second-order valence-electron chi connectivity index (χ2n) is 5.82. The van der Waals surface area contributed by atoms with Crippen molar-refractivity contribution in [2.24, 2.45) is 0 Å². The van der Waals surface area contributed by atoms with Crippen molar-refractivity contribution in [2.75, 3.05) is 11.6 Å². The number of aromatic nitrogens is 2. The van der Waals surface area contributed by atoms with E-state index < -0.39 is 0 Å². The molecule has 0 aliphatic heterocycles. The third-order valence-corrected chi connectivity index (χ3v) is 5.73. The van der Waals surface area contributed by atoms with Gasteiger partial charge in [0.1, 0.15) is 5.82 Å². The van der Waals surface area contributed by atoms with Gasteiger partial charge >= 0.3 is 5.01 Å². The summed E-state index contributed by atoms with van der Waals surface area (Å²) >= 11 is 3.27. The third-order valence-electron chi connectivity index (χ3n) is 4.01. The molecule has 3 aromatic carbocycles. The molecule has 0 bridgehead atoms. The van der Waals surface area contributed by atoms with Gasteiger partial charge in [0.25, 0.3) is 5.13 Å². The van der Waals surface area contributed by atoms with E-state index in [2.05, 4.69) is 35.8 Å². The highest BCUT2D eigenvalue weighted by Gasteiger charge is 2.24. The van der Waals surface area contributed by atoms with Crippen LogP contribution in [0.25, 0.3) is 16.3 Å². The van der Waals surface area contributed by atoms with Crippen molar-refractivity contribution in [3.8, 4) is 16.3 Å². The van der Waals surface area contributed by atoms with E-state index in [4.69, 9.17) is 5.10 Å². The van der Waals surface area contributed by atoms with Crippen molar-refractivity contribution in [3.63, 3.8) is 0 Å². The zero-order chi connectivity index (χ0) is 18.6. The Hall–Kier alpha value is -2.70. The Balaban J connectivity index is 1.77. The Kier molecular flexibility index (Phi) is 5.18. The lowest BCUT2D eigenvalue weighted by Crippen LogP contribution is -2.34. The second-order valence-corrected chi connectivity index (χ2v) is 7.68. The average molecular weight is 395 g/mol. The van der Waals surface area contributed by atoms with Crippen LogP contribution >= 0.6 is 23.1 Å². The number of hydrogen-bond donors (Lipinski definition) is 1. The summed E-state index contributed by atoms with van der Waals surface area (Å²) in [5, 5.41) is 9.82. The van der Waals surface area contributed by atoms with Crippen molar-refractivity contribution in [2.45, 2.75) is 4.90 Å². The van der Waals surface area contributed by atoms with Gasteiger partial charge in [0, 0.05) is 27.8 Å². The number of halogens is 1. The molecule has 1 heterocycles. The molecule has 0 aliphatic rings. The summed E-state index contributed by atoms with van der Waals surface area (Å²) in [6.07, 6.45) is 2.06. The lowest BCUT2D eigenvalue weighted by atomic mass is 10.2. The molecule has 4 aromatic rings. The lowest BCUT2D eigenvalue weighted by Gasteiger charge is -1.98. The van der Waals surface area contributed by atoms with Gasteiger partial charge < -0.3 is 5.32 Å². The molecule has 0 aliphatic carbocycles. The summed E-state index contributed by atoms with van der Waals surface area (Å²) in [5.74, 6) is -0.261. The Bertz CT molecular complexity index is 1030. The van der Waals surface area contributed by atoms with Gasteiger partial charge in [-0.3, -0.25) is 0 Å². The molecular weight excluding hydrogens is 377 g/mol. The van der Waals surface area contributed by atoms with E-state index in [0.717, 1.165) is 27.1 Å². The summed E-state index contributed by atoms with van der Waals surface area (Å²) < 4.78 is 15.2. The minimum Gasteiger partial charge on any atom is -0.327 e. The van der Waals surface area contributed by atoms with E-state index in [1.807, 2.05) is 35.0 Å². The molecule has 0 spiro atoms. The van der Waals surface area contributed by atoms with Gasteiger partial charge in [-0.25, -0.2) is 4.39 Å². The SMILES string of the molecule is CSc1ccc(-c2sc(Nc3ccccc3)n[n+]2-c2ccc(F)cc2)cc1. The molecule has 0 saturated heterocycles. The number of nitrogens with one attached hydrogen (secondary N) is 1. The van der Waals surface area contributed by atoms with E-state index in [1.54, 1.807) is 35.2 Å². The number of anilines is 2. The van der Waals surface area contributed by atoms with Crippen LogP contribution in [-0.2, 0) is 0 Å². The Morgan fingerprint density at radius 3 is 2.30 bits per heavy atom. The highest BCUT2D eigenvalue weighted by molar-refractivity contribution is 7.98. The zero-order valence-corrected chi connectivity index (χ0v) is 16.2. The predicted octanol–water partition coefficient (Wildman–Crippen LogP) is 5.69. The number of thioether (sulfide) groups is 1. The zero-order valence-electron chi connectivity index (χ0n) is 14.6. The lowest BCUT2D eigenvalue weighted by molar-refractivity contribution is -0.642. The molecule has 3 nitrogen and oxygen atoms in total. The molecule has 4 rings (SSSR count). The maximum Gasteiger partial charge on any atom is 0.304 e. The van der Waals surface area contributed by atoms with E-state index in [9.17, 15) is 4.39 Å². The number of benzene rings is 3. The normalized spacial score (nSPS) is 10.7. The number of nitrogens with zero attached hydrogens (tertiary/aromatic N) is 2. The molecule has 134 valence electrons. The van der Waals surface area contributed by atoms with Crippen LogP contribution in [0.3, 0.4) is 0 Å². The van der Waals surface area contributed by atoms with Crippen LogP contribution in [0.2, 0.25) is 0 Å². The van der Waals surface area contributed by atoms with Crippen LogP contribution in [-0.4, -0.2) is 11.4 Å². The average Bonchev–Trinajstić information content (AvgIpc) is 3.13. The molecule has 0 radical (unpaired) electrons. The molecule has 27 heavy (non-hydrogen) atoms. The smallest absolute Gasteiger partial charge is 0.304 e. The topological polar surface area (TPSA) is 28.8 Å². The molecule has 0 amide bonds. The van der Waals surface area contributed by atoms with Crippen LogP contribution in [0.5, 0.6) is 0 Å². The maximum absolute atomic E-state index is 13.4. The van der Waals surface area contributed by atoms with E-state index in [1.165, 1.54) is 17.0 Å². The van der Waals surface area contributed by atoms with Crippen LogP contribution in [0.15, 0.2) is 83.8 Å². The summed E-state index contributed by atoms with van der Waals surface area (Å²) in [6, 6.07) is 24.7. The highest BCUT2D eigenvalue weighted by Crippen LogP contribution is 2.29.